The van der Waals surface area contributed by atoms with Crippen molar-refractivity contribution in [3.63, 3.8) is 0 Å². The first-order chi connectivity index (χ1) is 13.1. The van der Waals surface area contributed by atoms with Gasteiger partial charge in [0.1, 0.15) is 17.1 Å². The first-order valence-electron chi connectivity index (χ1n) is 9.06. The summed E-state index contributed by atoms with van der Waals surface area (Å²) in [6, 6.07) is 23.3. The van der Waals surface area contributed by atoms with Crippen molar-refractivity contribution in [2.75, 3.05) is 6.61 Å². The zero-order chi connectivity index (χ0) is 19.3. The van der Waals surface area contributed by atoms with Gasteiger partial charge in [-0.3, -0.25) is 0 Å². The fourth-order valence-electron chi connectivity index (χ4n) is 2.93. The highest BCUT2D eigenvalue weighted by molar-refractivity contribution is 6.31. The minimum Gasteiger partial charge on any atom is -0.457 e. The molecule has 0 N–H and O–H groups in total. The second kappa shape index (κ2) is 8.79. The zero-order valence-corrected chi connectivity index (χ0v) is 16.9. The lowest BCUT2D eigenvalue weighted by Gasteiger charge is -2.15. The van der Waals surface area contributed by atoms with E-state index in [1.54, 1.807) is 12.1 Å². The molecule has 0 bridgehead atoms. The van der Waals surface area contributed by atoms with Crippen molar-refractivity contribution >= 4 is 23.2 Å². The van der Waals surface area contributed by atoms with E-state index < -0.39 is 0 Å². The molecule has 1 fully saturated rings. The zero-order valence-electron chi connectivity index (χ0n) is 15.4. The Balaban J connectivity index is 0.00000102. The average molecular weight is 401 g/mol. The van der Waals surface area contributed by atoms with Gasteiger partial charge in [0.05, 0.1) is 11.6 Å². The molecule has 140 valence electrons. The van der Waals surface area contributed by atoms with E-state index in [4.69, 9.17) is 32.7 Å². The SMILES string of the molecule is CC.Clc1ccc(Oc2ccc(C3(Cc4ccccc4)CO3)c(Cl)c2)cc1. The van der Waals surface area contributed by atoms with Crippen LogP contribution in [0.15, 0.2) is 72.8 Å². The van der Waals surface area contributed by atoms with Gasteiger partial charge in [0.2, 0.25) is 0 Å². The van der Waals surface area contributed by atoms with E-state index in [0.29, 0.717) is 22.4 Å². The van der Waals surface area contributed by atoms with Gasteiger partial charge in [-0.15, -0.1) is 0 Å². The van der Waals surface area contributed by atoms with Gasteiger partial charge in [-0.25, -0.2) is 0 Å². The van der Waals surface area contributed by atoms with Crippen LogP contribution in [0.3, 0.4) is 0 Å². The highest BCUT2D eigenvalue weighted by Crippen LogP contribution is 2.45. The molecule has 0 aromatic heterocycles. The summed E-state index contributed by atoms with van der Waals surface area (Å²) in [5, 5.41) is 1.33. The van der Waals surface area contributed by atoms with E-state index in [9.17, 15) is 0 Å². The van der Waals surface area contributed by atoms with Crippen LogP contribution in [0.2, 0.25) is 10.0 Å². The molecule has 4 rings (SSSR count). The molecule has 0 radical (unpaired) electrons. The molecule has 2 nitrogen and oxygen atoms in total. The molecule has 1 atom stereocenters. The molecule has 0 amide bonds. The van der Waals surface area contributed by atoms with Gasteiger partial charge in [-0.2, -0.15) is 0 Å². The third kappa shape index (κ3) is 4.84. The molecule has 1 aliphatic rings. The van der Waals surface area contributed by atoms with E-state index in [1.165, 1.54) is 5.56 Å². The Morgan fingerprint density at radius 1 is 0.889 bits per heavy atom. The summed E-state index contributed by atoms with van der Waals surface area (Å²) >= 11 is 12.4. The summed E-state index contributed by atoms with van der Waals surface area (Å²) in [4.78, 5) is 0. The minimum absolute atomic E-state index is 0.322. The number of halogens is 2. The van der Waals surface area contributed by atoms with Crippen LogP contribution in [0.5, 0.6) is 11.5 Å². The number of hydrogen-bond acceptors (Lipinski definition) is 2. The first kappa shape index (κ1) is 19.8. The smallest absolute Gasteiger partial charge is 0.128 e. The molecule has 0 spiro atoms. The maximum Gasteiger partial charge on any atom is 0.128 e. The van der Waals surface area contributed by atoms with Crippen LogP contribution < -0.4 is 4.74 Å². The molecule has 3 aromatic carbocycles. The maximum absolute atomic E-state index is 6.53. The van der Waals surface area contributed by atoms with Crippen LogP contribution in [0, 0.1) is 0 Å². The second-order valence-electron chi connectivity index (χ2n) is 6.14. The number of epoxide rings is 1. The van der Waals surface area contributed by atoms with Gasteiger partial charge >= 0.3 is 0 Å². The van der Waals surface area contributed by atoms with Crippen molar-refractivity contribution in [3.8, 4) is 11.5 Å². The summed E-state index contributed by atoms with van der Waals surface area (Å²) in [5.74, 6) is 1.40. The Kier molecular flexibility index (Phi) is 6.43. The quantitative estimate of drug-likeness (QED) is 0.419. The molecule has 1 aliphatic heterocycles. The van der Waals surface area contributed by atoms with E-state index in [0.717, 1.165) is 17.7 Å². The molecule has 1 heterocycles. The Morgan fingerprint density at radius 3 is 2.11 bits per heavy atom. The highest BCUT2D eigenvalue weighted by Gasteiger charge is 2.47. The molecule has 1 unspecified atom stereocenters. The van der Waals surface area contributed by atoms with Crippen LogP contribution in [-0.2, 0) is 16.8 Å². The van der Waals surface area contributed by atoms with Crippen LogP contribution in [0.25, 0.3) is 0 Å². The van der Waals surface area contributed by atoms with Crippen molar-refractivity contribution in [1.29, 1.82) is 0 Å². The molecule has 27 heavy (non-hydrogen) atoms. The van der Waals surface area contributed by atoms with Gasteiger partial charge < -0.3 is 9.47 Å². The Bertz CT molecular complexity index is 873. The third-order valence-corrected chi connectivity index (χ3v) is 4.87. The first-order valence-corrected chi connectivity index (χ1v) is 9.82. The highest BCUT2D eigenvalue weighted by atomic mass is 35.5. The number of rotatable bonds is 5. The fraction of sp³-hybridized carbons (Fsp3) is 0.217. The second-order valence-corrected chi connectivity index (χ2v) is 6.99. The standard InChI is InChI=1S/C21H16Cl2O2.C2H6/c22-16-6-8-17(9-7-16)25-18-10-11-19(20(23)12-18)21(14-24-21)13-15-4-2-1-3-5-15;1-2/h1-12H,13-14H2;1-2H3. The Hall–Kier alpha value is -2.00. The van der Waals surface area contributed by atoms with Crippen molar-refractivity contribution in [2.45, 2.75) is 25.9 Å². The molecule has 0 saturated carbocycles. The summed E-state index contributed by atoms with van der Waals surface area (Å²) < 4.78 is 11.6. The van der Waals surface area contributed by atoms with Crippen LogP contribution >= 0.6 is 23.2 Å². The van der Waals surface area contributed by atoms with Gasteiger partial charge in [0, 0.05) is 17.0 Å². The summed E-state index contributed by atoms with van der Waals surface area (Å²) in [7, 11) is 0. The molecular weight excluding hydrogens is 379 g/mol. The normalized spacial score (nSPS) is 17.6. The number of hydrogen-bond donors (Lipinski definition) is 0. The van der Waals surface area contributed by atoms with Crippen molar-refractivity contribution < 1.29 is 9.47 Å². The van der Waals surface area contributed by atoms with Gasteiger partial charge in [-0.1, -0.05) is 73.4 Å². The molecule has 0 aliphatic carbocycles. The lowest BCUT2D eigenvalue weighted by atomic mass is 9.92. The topological polar surface area (TPSA) is 21.8 Å². The molecular formula is C23H22Cl2O2. The number of ether oxygens (including phenoxy) is 2. The van der Waals surface area contributed by atoms with E-state index in [1.807, 2.05) is 62.4 Å². The van der Waals surface area contributed by atoms with E-state index in [-0.39, 0.29) is 5.60 Å². The van der Waals surface area contributed by atoms with E-state index >= 15 is 0 Å². The lowest BCUT2D eigenvalue weighted by Crippen LogP contribution is -2.13. The molecule has 1 saturated heterocycles. The number of benzene rings is 3. The fourth-order valence-corrected chi connectivity index (χ4v) is 3.40. The molecule has 3 aromatic rings. The molecule has 4 heteroatoms. The van der Waals surface area contributed by atoms with Crippen molar-refractivity contribution in [2.24, 2.45) is 0 Å². The van der Waals surface area contributed by atoms with Gasteiger partial charge in [0.15, 0.2) is 0 Å². The predicted molar refractivity (Wildman–Crippen MR) is 112 cm³/mol. The largest absolute Gasteiger partial charge is 0.457 e. The Morgan fingerprint density at radius 2 is 1.52 bits per heavy atom. The monoisotopic (exact) mass is 400 g/mol. The van der Waals surface area contributed by atoms with Gasteiger partial charge in [-0.05, 0) is 42.0 Å². The third-order valence-electron chi connectivity index (χ3n) is 4.31. The van der Waals surface area contributed by atoms with Crippen molar-refractivity contribution in [3.05, 3.63) is 94.0 Å². The minimum atomic E-state index is -0.322. The predicted octanol–water partition coefficient (Wildman–Crippen LogP) is 7.28. The van der Waals surface area contributed by atoms with Gasteiger partial charge in [0.25, 0.3) is 0 Å². The van der Waals surface area contributed by atoms with Crippen LogP contribution in [0.1, 0.15) is 25.0 Å². The summed E-state index contributed by atoms with van der Waals surface area (Å²) in [6.07, 6.45) is 0.810. The average Bonchev–Trinajstić information content (AvgIpc) is 3.46. The summed E-state index contributed by atoms with van der Waals surface area (Å²) in [6.45, 7) is 4.68. The van der Waals surface area contributed by atoms with Crippen molar-refractivity contribution in [1.82, 2.24) is 0 Å². The van der Waals surface area contributed by atoms with Crippen LogP contribution in [-0.4, -0.2) is 6.61 Å². The Labute approximate surface area is 170 Å². The summed E-state index contributed by atoms with van der Waals surface area (Å²) in [5.41, 5.74) is 1.91. The lowest BCUT2D eigenvalue weighted by molar-refractivity contribution is 0.306. The van der Waals surface area contributed by atoms with E-state index in [2.05, 4.69) is 12.1 Å². The van der Waals surface area contributed by atoms with Crippen LogP contribution in [0.4, 0.5) is 0 Å². The maximum atomic E-state index is 6.53.